The van der Waals surface area contributed by atoms with Gasteiger partial charge in [-0.1, -0.05) is 48.1 Å². The molecule has 0 bridgehead atoms. The molecule has 0 aromatic rings. The molecule has 3 heterocycles. The molecule has 0 radical (unpaired) electrons. The van der Waals surface area contributed by atoms with Crippen LogP contribution in [0.4, 0.5) is 0 Å². The Morgan fingerprint density at radius 3 is 2.33 bits per heavy atom. The number of hydrogen-bond acceptors (Lipinski definition) is 9. The molecule has 0 amide bonds. The molecule has 20 atom stereocenters. The van der Waals surface area contributed by atoms with E-state index in [0.29, 0.717) is 12.2 Å². The average Bonchev–Trinajstić information content (AvgIpc) is 3.81. The second kappa shape index (κ2) is 7.64. The molecule has 42 heavy (non-hydrogen) atoms. The van der Waals surface area contributed by atoms with Crippen LogP contribution in [-0.4, -0.2) is 75.0 Å². The summed E-state index contributed by atoms with van der Waals surface area (Å²) in [6, 6.07) is -0.00655. The third kappa shape index (κ3) is 2.59. The van der Waals surface area contributed by atoms with E-state index in [9.17, 15) is 24.9 Å². The number of hydrogen-bond donors (Lipinski definition) is 4. The molecule has 0 aromatic heterocycles. The SMILES string of the molecule is C=C1O[C@@]23N[C@@H]2[C@@H](C)[C@H]2[C@@H]([C@H](O)[C@H]4C5C(O)C(=O)[C@H]6C[C@@H]7O[C@@H]7[C@H](OC(C)=O)[C@]6(C)C5C(C)[C@H](C)[C@]24C)[C@@]3(C)[C@]1(C)O. The minimum atomic E-state index is -1.39. The monoisotopic (exact) mass is 585 g/mol. The molecule has 4 N–H and O–H groups in total. The van der Waals surface area contributed by atoms with Crippen LogP contribution in [0.2, 0.25) is 0 Å². The van der Waals surface area contributed by atoms with E-state index in [1.165, 1.54) is 6.92 Å². The van der Waals surface area contributed by atoms with Gasteiger partial charge in [0.25, 0.3) is 0 Å². The van der Waals surface area contributed by atoms with Crippen molar-refractivity contribution in [1.29, 1.82) is 0 Å². The number of aliphatic hydroxyl groups is 3. The molecule has 5 aliphatic carbocycles. The summed E-state index contributed by atoms with van der Waals surface area (Å²) < 4.78 is 18.4. The first-order valence-corrected chi connectivity index (χ1v) is 16.0. The van der Waals surface area contributed by atoms with E-state index in [1.54, 1.807) is 6.92 Å². The summed E-state index contributed by atoms with van der Waals surface area (Å²) in [5, 5.41) is 40.4. The molecule has 0 aromatic carbocycles. The molecule has 4 unspecified atom stereocenters. The Morgan fingerprint density at radius 1 is 1.02 bits per heavy atom. The van der Waals surface area contributed by atoms with Gasteiger partial charge in [-0.15, -0.1) is 0 Å². The number of carbonyl (C=O) groups excluding carboxylic acids is 2. The first-order chi connectivity index (χ1) is 19.4. The third-order valence-electron chi connectivity index (χ3n) is 15.6. The van der Waals surface area contributed by atoms with E-state index >= 15 is 0 Å². The maximum absolute atomic E-state index is 14.2. The van der Waals surface area contributed by atoms with E-state index < -0.39 is 69.6 Å². The molecule has 9 heteroatoms. The van der Waals surface area contributed by atoms with Crippen molar-refractivity contribution < 1.29 is 39.1 Å². The number of fused-ring (bicyclic) bond motifs is 9. The van der Waals surface area contributed by atoms with Crippen LogP contribution in [0.3, 0.4) is 0 Å². The van der Waals surface area contributed by atoms with Gasteiger partial charge in [0.15, 0.2) is 11.5 Å². The zero-order valence-corrected chi connectivity index (χ0v) is 26.0. The van der Waals surface area contributed by atoms with Gasteiger partial charge in [-0.05, 0) is 54.3 Å². The van der Waals surface area contributed by atoms with Crippen molar-refractivity contribution in [3.63, 3.8) is 0 Å². The molecule has 232 valence electrons. The molecule has 3 saturated heterocycles. The summed E-state index contributed by atoms with van der Waals surface area (Å²) in [5.74, 6) is -2.02. The van der Waals surface area contributed by atoms with Crippen LogP contribution < -0.4 is 5.32 Å². The number of carbonyl (C=O) groups is 2. The molecular weight excluding hydrogens is 538 g/mol. The second-order valence-corrected chi connectivity index (χ2v) is 16.4. The first kappa shape index (κ1) is 28.0. The van der Waals surface area contributed by atoms with Crippen LogP contribution >= 0.6 is 0 Å². The van der Waals surface area contributed by atoms with Crippen molar-refractivity contribution in [3.05, 3.63) is 12.3 Å². The summed E-state index contributed by atoms with van der Waals surface area (Å²) >= 11 is 0. The van der Waals surface area contributed by atoms with E-state index in [4.69, 9.17) is 14.2 Å². The van der Waals surface area contributed by atoms with Gasteiger partial charge in [0.1, 0.15) is 29.7 Å². The maximum atomic E-state index is 14.2. The summed E-state index contributed by atoms with van der Waals surface area (Å²) in [4.78, 5) is 26.6. The fourth-order valence-electron chi connectivity index (χ4n) is 13.4. The summed E-state index contributed by atoms with van der Waals surface area (Å²) in [6.45, 7) is 20.3. The Hall–Kier alpha value is -1.52. The van der Waals surface area contributed by atoms with Crippen LogP contribution in [0.5, 0.6) is 0 Å². The van der Waals surface area contributed by atoms with E-state index in [-0.39, 0.29) is 59.5 Å². The Balaban J connectivity index is 1.31. The van der Waals surface area contributed by atoms with E-state index in [0.717, 1.165) is 0 Å². The average molecular weight is 586 g/mol. The van der Waals surface area contributed by atoms with Gasteiger partial charge in [0.2, 0.25) is 0 Å². The van der Waals surface area contributed by atoms with E-state index in [2.05, 4.69) is 46.5 Å². The zero-order chi connectivity index (χ0) is 30.4. The van der Waals surface area contributed by atoms with Gasteiger partial charge >= 0.3 is 5.97 Å². The van der Waals surface area contributed by atoms with Crippen LogP contribution in [0, 0.1) is 69.5 Å². The highest BCUT2D eigenvalue weighted by molar-refractivity contribution is 5.88. The van der Waals surface area contributed by atoms with Gasteiger partial charge < -0.3 is 29.5 Å². The number of Topliss-reactive ketones (excluding diaryl/α,β-unsaturated/α-hetero) is 1. The molecule has 8 rings (SSSR count). The van der Waals surface area contributed by atoms with E-state index in [1.807, 2.05) is 6.92 Å². The first-order valence-electron chi connectivity index (χ1n) is 16.0. The fourth-order valence-corrected chi connectivity index (χ4v) is 13.4. The Bertz CT molecular complexity index is 1320. The second-order valence-electron chi connectivity index (χ2n) is 16.4. The highest BCUT2D eigenvalue weighted by Crippen LogP contribution is 2.80. The Kier molecular flexibility index (Phi) is 5.09. The minimum absolute atomic E-state index is 0.00500. The van der Waals surface area contributed by atoms with Gasteiger partial charge in [-0.3, -0.25) is 14.9 Å². The number of ketones is 1. The van der Waals surface area contributed by atoms with Crippen LogP contribution in [0.25, 0.3) is 0 Å². The molecule has 8 aliphatic rings. The number of rotatable bonds is 1. The van der Waals surface area contributed by atoms with Gasteiger partial charge in [0, 0.05) is 30.1 Å². The predicted molar refractivity (Wildman–Crippen MR) is 149 cm³/mol. The molecule has 5 saturated carbocycles. The lowest BCUT2D eigenvalue weighted by Gasteiger charge is -2.66. The number of aliphatic hydroxyl groups excluding tert-OH is 2. The molecule has 9 nitrogen and oxygen atoms in total. The number of nitrogens with one attached hydrogen (secondary N) is 1. The fraction of sp³-hybridized carbons (Fsp3) is 0.879. The lowest BCUT2D eigenvalue weighted by atomic mass is 9.38. The smallest absolute Gasteiger partial charge is 0.303 e. The van der Waals surface area contributed by atoms with Crippen LogP contribution in [-0.2, 0) is 23.8 Å². The largest absolute Gasteiger partial charge is 0.472 e. The Morgan fingerprint density at radius 2 is 1.69 bits per heavy atom. The highest BCUT2D eigenvalue weighted by atomic mass is 16.6. The summed E-state index contributed by atoms with van der Waals surface area (Å²) in [7, 11) is 0. The lowest BCUT2D eigenvalue weighted by Crippen LogP contribution is -2.70. The van der Waals surface area contributed by atoms with Crippen molar-refractivity contribution in [2.24, 2.45) is 69.5 Å². The van der Waals surface area contributed by atoms with Gasteiger partial charge in [-0.25, -0.2) is 0 Å². The van der Waals surface area contributed by atoms with Crippen molar-refractivity contribution in [1.82, 2.24) is 5.32 Å². The lowest BCUT2D eigenvalue weighted by molar-refractivity contribution is -0.234. The predicted octanol–water partition coefficient (Wildman–Crippen LogP) is 2.02. The molecule has 8 fully saturated rings. The minimum Gasteiger partial charge on any atom is -0.472 e. The summed E-state index contributed by atoms with van der Waals surface area (Å²) in [6.07, 6.45) is -2.61. The van der Waals surface area contributed by atoms with Crippen molar-refractivity contribution >= 4 is 11.8 Å². The number of esters is 1. The number of ether oxygens (including phenoxy) is 3. The highest BCUT2D eigenvalue weighted by Gasteiger charge is 2.89. The third-order valence-corrected chi connectivity index (χ3v) is 15.6. The van der Waals surface area contributed by atoms with Crippen molar-refractivity contribution in [2.75, 3.05) is 0 Å². The Labute approximate surface area is 247 Å². The van der Waals surface area contributed by atoms with Crippen molar-refractivity contribution in [3.8, 4) is 0 Å². The van der Waals surface area contributed by atoms with Crippen molar-refractivity contribution in [2.45, 2.75) is 110 Å². The van der Waals surface area contributed by atoms with Gasteiger partial charge in [0.05, 0.1) is 23.7 Å². The van der Waals surface area contributed by atoms with Crippen LogP contribution in [0.1, 0.15) is 61.8 Å². The maximum Gasteiger partial charge on any atom is 0.303 e. The normalized spacial score (nSPS) is 66.8. The topological polar surface area (TPSA) is 148 Å². The molecule has 1 spiro atoms. The number of epoxide rings is 1. The molecular formula is C33H47NO8. The summed E-state index contributed by atoms with van der Waals surface area (Å²) in [5.41, 5.74) is -4.28. The quantitative estimate of drug-likeness (QED) is 0.268. The van der Waals surface area contributed by atoms with Gasteiger partial charge in [-0.2, -0.15) is 0 Å². The standard InChI is InChI=1S/C33H47NO8/c1-11-13(3)29(6)20-12(2)27-33(34-27)31(8,32(9,39)14(4)42-33)22(20)25(38)21(29)18-19(11)30(7)16(23(36)24(18)37)10-17-26(41-17)28(30)40-15(5)35/h11-13,16-22,24-28,34,37-39H,4,10H2,1-3,5-9H3/t11?,12-,13-,16+,17-,18?,19?,20-,21+,22-,24?,25+,26-,27+,28-,29+,30-,31-,32+,33-/m0/s1. The van der Waals surface area contributed by atoms with Crippen LogP contribution in [0.15, 0.2) is 12.3 Å². The zero-order valence-electron chi connectivity index (χ0n) is 26.0. The molecule has 3 aliphatic heterocycles.